The molecule has 0 atom stereocenters. The van der Waals surface area contributed by atoms with Crippen LogP contribution in [0.3, 0.4) is 0 Å². The Bertz CT molecular complexity index is 1600. The summed E-state index contributed by atoms with van der Waals surface area (Å²) in [6.07, 6.45) is 0. The predicted octanol–water partition coefficient (Wildman–Crippen LogP) is 7.29. The van der Waals surface area contributed by atoms with Crippen molar-refractivity contribution < 1.29 is 0 Å². The van der Waals surface area contributed by atoms with Crippen molar-refractivity contribution in [2.75, 3.05) is 0 Å². The number of hydrogen-bond donors (Lipinski definition) is 0. The van der Waals surface area contributed by atoms with Crippen LogP contribution in [0.2, 0.25) is 0 Å². The Morgan fingerprint density at radius 3 is 1.25 bits per heavy atom. The third-order valence-electron chi connectivity index (χ3n) is 6.69. The van der Waals surface area contributed by atoms with Gasteiger partial charge in [0.15, 0.2) is 0 Å². The fraction of sp³-hybridized carbons (Fsp3) is 0. The van der Waals surface area contributed by atoms with Gasteiger partial charge in [0.2, 0.25) is 0 Å². The van der Waals surface area contributed by atoms with Crippen molar-refractivity contribution in [2.24, 2.45) is 0 Å². The maximum absolute atomic E-state index is 2.34. The zero-order valence-corrected chi connectivity index (χ0v) is 20.0. The molecule has 4 aromatic rings. The van der Waals surface area contributed by atoms with Crippen molar-refractivity contribution in [3.05, 3.63) is 190 Å². The van der Waals surface area contributed by atoms with E-state index in [0.29, 0.717) is 0 Å². The largest absolute Gasteiger partial charge is 0.0622 e. The molecule has 36 heavy (non-hydrogen) atoms. The molecular formula is C36H26. The molecule has 0 aliphatic heterocycles. The average molecular weight is 459 g/mol. The highest BCUT2D eigenvalue weighted by Crippen LogP contribution is 2.25. The van der Waals surface area contributed by atoms with Gasteiger partial charge in [-0.3, -0.25) is 0 Å². The van der Waals surface area contributed by atoms with Crippen molar-refractivity contribution in [3.63, 3.8) is 0 Å². The summed E-state index contributed by atoms with van der Waals surface area (Å²) in [6.45, 7) is 0. The van der Waals surface area contributed by atoms with Gasteiger partial charge < -0.3 is 0 Å². The van der Waals surface area contributed by atoms with Crippen LogP contribution in [0.5, 0.6) is 0 Å². The maximum atomic E-state index is 2.34. The van der Waals surface area contributed by atoms with E-state index in [1.54, 1.807) is 0 Å². The van der Waals surface area contributed by atoms with Crippen LogP contribution in [0.1, 0.15) is 22.3 Å². The Hall–Kier alpha value is -4.68. The second-order valence-electron chi connectivity index (χ2n) is 8.96. The predicted molar refractivity (Wildman–Crippen MR) is 151 cm³/mol. The van der Waals surface area contributed by atoms with Crippen molar-refractivity contribution in [1.82, 2.24) is 0 Å². The van der Waals surface area contributed by atoms with Crippen LogP contribution in [0.15, 0.2) is 158 Å². The lowest BCUT2D eigenvalue weighted by atomic mass is 9.94. The standard InChI is InChI=1S/C36H26/c1-5-14-27(15-6-1)35(28-16-7-2-8-17-28)32-22-13-23-33-31(26-32)24-25-34(33)36(29-18-9-3-10-19-29)30-20-11-4-12-21-30/h1-26H. The number of benzene rings is 4. The van der Waals surface area contributed by atoms with Gasteiger partial charge in [0, 0.05) is 0 Å². The summed E-state index contributed by atoms with van der Waals surface area (Å²) in [5.41, 5.74) is 9.88. The quantitative estimate of drug-likeness (QED) is 0.260. The molecule has 0 amide bonds. The SMILES string of the molecule is c1ccc(C(c2ccccc2)=c2cccc3c(=C(c4ccccc4)c4ccccc4)ccc-3c2)cc1. The fourth-order valence-corrected chi connectivity index (χ4v) is 5.05. The molecular weight excluding hydrogens is 432 g/mol. The third-order valence-corrected chi connectivity index (χ3v) is 6.69. The van der Waals surface area contributed by atoms with Crippen LogP contribution in [-0.4, -0.2) is 0 Å². The van der Waals surface area contributed by atoms with Gasteiger partial charge in [0.05, 0.1) is 0 Å². The second kappa shape index (κ2) is 9.90. The molecule has 0 N–H and O–H groups in total. The molecule has 0 heterocycles. The minimum Gasteiger partial charge on any atom is -0.0622 e. The minimum atomic E-state index is 1.21. The highest BCUT2D eigenvalue weighted by molar-refractivity contribution is 5.85. The Balaban J connectivity index is 1.64. The summed E-state index contributed by atoms with van der Waals surface area (Å²) in [7, 11) is 0. The van der Waals surface area contributed by atoms with Crippen LogP contribution in [0.4, 0.5) is 0 Å². The van der Waals surface area contributed by atoms with Crippen LogP contribution in [0, 0.1) is 0 Å². The molecule has 0 spiro atoms. The van der Waals surface area contributed by atoms with Crippen molar-refractivity contribution >= 4 is 11.1 Å². The Morgan fingerprint density at radius 2 is 0.778 bits per heavy atom. The van der Waals surface area contributed by atoms with E-state index in [2.05, 4.69) is 158 Å². The smallest absolute Gasteiger partial charge is 0.00326 e. The lowest BCUT2D eigenvalue weighted by molar-refractivity contribution is 1.50. The first-order valence-corrected chi connectivity index (χ1v) is 12.4. The summed E-state index contributed by atoms with van der Waals surface area (Å²) in [5, 5.41) is 2.46. The summed E-state index contributed by atoms with van der Waals surface area (Å²) in [6, 6.07) is 56.3. The molecule has 0 heteroatoms. The van der Waals surface area contributed by atoms with E-state index in [-0.39, 0.29) is 0 Å². The van der Waals surface area contributed by atoms with E-state index >= 15 is 0 Å². The number of rotatable bonds is 4. The first kappa shape index (κ1) is 21.8. The average Bonchev–Trinajstić information content (AvgIpc) is 3.20. The van der Waals surface area contributed by atoms with Gasteiger partial charge in [-0.05, 0) is 61.0 Å². The molecule has 0 unspecified atom stereocenters. The van der Waals surface area contributed by atoms with E-state index < -0.39 is 0 Å². The maximum Gasteiger partial charge on any atom is -0.00326 e. The molecule has 2 aliphatic carbocycles. The Kier molecular flexibility index (Phi) is 6.00. The lowest BCUT2D eigenvalue weighted by Crippen LogP contribution is -2.08. The first-order chi connectivity index (χ1) is 17.9. The van der Waals surface area contributed by atoms with E-state index in [0.717, 1.165) is 0 Å². The van der Waals surface area contributed by atoms with Crippen molar-refractivity contribution in [3.8, 4) is 11.1 Å². The highest BCUT2D eigenvalue weighted by Gasteiger charge is 2.12. The molecule has 4 aromatic carbocycles. The molecule has 6 rings (SSSR count). The summed E-state index contributed by atoms with van der Waals surface area (Å²) in [4.78, 5) is 0. The zero-order chi connectivity index (χ0) is 24.2. The van der Waals surface area contributed by atoms with Crippen LogP contribution < -0.4 is 10.4 Å². The van der Waals surface area contributed by atoms with Gasteiger partial charge in [-0.1, -0.05) is 152 Å². The minimum absolute atomic E-state index is 1.21. The van der Waals surface area contributed by atoms with Crippen molar-refractivity contribution in [1.29, 1.82) is 0 Å². The van der Waals surface area contributed by atoms with Crippen LogP contribution in [0.25, 0.3) is 22.3 Å². The monoisotopic (exact) mass is 458 g/mol. The molecule has 2 aliphatic rings. The third kappa shape index (κ3) is 4.26. The summed E-state index contributed by atoms with van der Waals surface area (Å²) < 4.78 is 0. The van der Waals surface area contributed by atoms with Crippen LogP contribution >= 0.6 is 0 Å². The normalized spacial score (nSPS) is 10.8. The van der Waals surface area contributed by atoms with Crippen molar-refractivity contribution in [2.45, 2.75) is 0 Å². The fourth-order valence-electron chi connectivity index (χ4n) is 5.05. The Morgan fingerprint density at radius 1 is 0.333 bits per heavy atom. The van der Waals surface area contributed by atoms with E-state index in [1.165, 1.54) is 55.0 Å². The molecule has 0 bridgehead atoms. The van der Waals surface area contributed by atoms with Crippen LogP contribution in [-0.2, 0) is 0 Å². The molecule has 0 fully saturated rings. The lowest BCUT2D eigenvalue weighted by Gasteiger charge is -2.09. The first-order valence-electron chi connectivity index (χ1n) is 12.4. The summed E-state index contributed by atoms with van der Waals surface area (Å²) >= 11 is 0. The second-order valence-corrected chi connectivity index (χ2v) is 8.96. The highest BCUT2D eigenvalue weighted by atomic mass is 14.2. The van der Waals surface area contributed by atoms with Gasteiger partial charge in [0.25, 0.3) is 0 Å². The van der Waals surface area contributed by atoms with Gasteiger partial charge in [0.1, 0.15) is 0 Å². The van der Waals surface area contributed by atoms with Gasteiger partial charge in [-0.25, -0.2) is 0 Å². The number of fused-ring (bicyclic) bond motifs is 1. The van der Waals surface area contributed by atoms with Gasteiger partial charge >= 0.3 is 0 Å². The zero-order valence-electron chi connectivity index (χ0n) is 20.0. The van der Waals surface area contributed by atoms with E-state index in [9.17, 15) is 0 Å². The number of hydrogen-bond acceptors (Lipinski definition) is 0. The van der Waals surface area contributed by atoms with Gasteiger partial charge in [-0.15, -0.1) is 0 Å². The molecule has 0 radical (unpaired) electrons. The molecule has 0 saturated heterocycles. The van der Waals surface area contributed by atoms with Gasteiger partial charge in [-0.2, -0.15) is 0 Å². The van der Waals surface area contributed by atoms with E-state index in [1.807, 2.05) is 0 Å². The molecule has 0 saturated carbocycles. The molecule has 0 nitrogen and oxygen atoms in total. The topological polar surface area (TPSA) is 0 Å². The Labute approximate surface area is 212 Å². The summed E-state index contributed by atoms with van der Waals surface area (Å²) in [5.74, 6) is 0. The van der Waals surface area contributed by atoms with E-state index in [4.69, 9.17) is 0 Å². The molecule has 170 valence electrons. The molecule has 0 aromatic heterocycles.